The van der Waals surface area contributed by atoms with E-state index in [0.717, 1.165) is 22.3 Å². The number of ether oxygens (including phenoxy) is 2. The number of nitrogens with zero attached hydrogens (tertiary/aromatic N) is 1. The number of nitrogens with one attached hydrogen (secondary N) is 1. The minimum atomic E-state index is -1.31. The van der Waals surface area contributed by atoms with Crippen LogP contribution in [0.2, 0.25) is 0 Å². The van der Waals surface area contributed by atoms with E-state index < -0.39 is 29.6 Å². The van der Waals surface area contributed by atoms with Crippen LogP contribution in [0.3, 0.4) is 0 Å². The first kappa shape index (κ1) is 23.4. The third kappa shape index (κ3) is 3.95. The Balaban J connectivity index is 1.18. The molecule has 1 aliphatic carbocycles. The Morgan fingerprint density at radius 3 is 2.34 bits per heavy atom. The van der Waals surface area contributed by atoms with Gasteiger partial charge in [0.1, 0.15) is 6.61 Å². The highest BCUT2D eigenvalue weighted by Gasteiger charge is 2.58. The van der Waals surface area contributed by atoms with E-state index >= 15 is 0 Å². The van der Waals surface area contributed by atoms with Crippen LogP contribution in [0.25, 0.3) is 11.1 Å². The number of amides is 2. The van der Waals surface area contributed by atoms with Crippen LogP contribution in [-0.2, 0) is 19.1 Å². The fourth-order valence-electron chi connectivity index (χ4n) is 5.69. The maximum atomic E-state index is 13.1. The molecule has 2 saturated heterocycles. The van der Waals surface area contributed by atoms with Gasteiger partial charge in [-0.1, -0.05) is 55.5 Å². The SMILES string of the molecule is CC(NC(=O)OCC1c2ccccc2-c2ccccc21)C(C)C(=O)N1CC2CCOC2(C(=O)O)C1. The molecule has 3 aliphatic rings. The van der Waals surface area contributed by atoms with Crippen LogP contribution >= 0.6 is 0 Å². The number of fused-ring (bicyclic) bond motifs is 4. The summed E-state index contributed by atoms with van der Waals surface area (Å²) in [5.74, 6) is -2.01. The second kappa shape index (κ2) is 9.00. The van der Waals surface area contributed by atoms with Crippen molar-refractivity contribution < 1.29 is 29.0 Å². The number of rotatable bonds is 6. The van der Waals surface area contributed by atoms with E-state index in [0.29, 0.717) is 19.6 Å². The smallest absolute Gasteiger partial charge is 0.407 e. The van der Waals surface area contributed by atoms with Gasteiger partial charge in [0.25, 0.3) is 0 Å². The summed E-state index contributed by atoms with van der Waals surface area (Å²) in [6.45, 7) is 4.47. The first-order valence-corrected chi connectivity index (χ1v) is 12.1. The van der Waals surface area contributed by atoms with Crippen LogP contribution in [0.5, 0.6) is 0 Å². The molecule has 5 rings (SSSR count). The number of benzene rings is 2. The van der Waals surface area contributed by atoms with Crippen molar-refractivity contribution >= 4 is 18.0 Å². The molecule has 0 bridgehead atoms. The van der Waals surface area contributed by atoms with Crippen molar-refractivity contribution in [2.75, 3.05) is 26.3 Å². The Morgan fingerprint density at radius 2 is 1.74 bits per heavy atom. The molecule has 4 atom stereocenters. The lowest BCUT2D eigenvalue weighted by Gasteiger charge is -2.27. The molecule has 2 aromatic carbocycles. The summed E-state index contributed by atoms with van der Waals surface area (Å²) in [7, 11) is 0. The highest BCUT2D eigenvalue weighted by molar-refractivity contribution is 5.85. The van der Waals surface area contributed by atoms with Crippen molar-refractivity contribution in [1.29, 1.82) is 0 Å². The number of hydrogen-bond donors (Lipinski definition) is 2. The van der Waals surface area contributed by atoms with Gasteiger partial charge in [-0.3, -0.25) is 4.79 Å². The van der Waals surface area contributed by atoms with E-state index in [-0.39, 0.29) is 30.9 Å². The lowest BCUT2D eigenvalue weighted by molar-refractivity contribution is -0.161. The molecule has 0 radical (unpaired) electrons. The number of carbonyl (C=O) groups is 3. The fraction of sp³-hybridized carbons (Fsp3) is 0.444. The predicted octanol–water partition coefficient (Wildman–Crippen LogP) is 3.25. The molecule has 2 fully saturated rings. The molecule has 0 saturated carbocycles. The van der Waals surface area contributed by atoms with Gasteiger partial charge in [0.15, 0.2) is 5.60 Å². The zero-order valence-corrected chi connectivity index (χ0v) is 19.9. The number of carbonyl (C=O) groups excluding carboxylic acids is 2. The minimum absolute atomic E-state index is 0.0356. The van der Waals surface area contributed by atoms with Crippen molar-refractivity contribution in [2.45, 2.75) is 37.8 Å². The average molecular weight is 479 g/mol. The minimum Gasteiger partial charge on any atom is -0.479 e. The quantitative estimate of drug-likeness (QED) is 0.660. The number of likely N-dealkylation sites (tertiary alicyclic amines) is 1. The van der Waals surface area contributed by atoms with Crippen LogP contribution < -0.4 is 5.32 Å². The van der Waals surface area contributed by atoms with Crippen molar-refractivity contribution in [3.63, 3.8) is 0 Å². The molecule has 2 N–H and O–H groups in total. The molecular formula is C27H30N2O6. The third-order valence-corrected chi connectivity index (χ3v) is 7.85. The molecule has 2 amide bonds. The Bertz CT molecular complexity index is 1120. The number of hydrogen-bond acceptors (Lipinski definition) is 5. The highest BCUT2D eigenvalue weighted by atomic mass is 16.5. The van der Waals surface area contributed by atoms with Gasteiger partial charge in [-0.15, -0.1) is 0 Å². The van der Waals surface area contributed by atoms with Gasteiger partial charge in [0.05, 0.1) is 12.5 Å². The fourth-order valence-corrected chi connectivity index (χ4v) is 5.69. The Morgan fingerprint density at radius 1 is 1.11 bits per heavy atom. The first-order valence-electron chi connectivity index (χ1n) is 12.1. The lowest BCUT2D eigenvalue weighted by atomic mass is 9.91. The number of aliphatic carboxylic acids is 1. The van der Waals surface area contributed by atoms with E-state index in [2.05, 4.69) is 29.6 Å². The molecule has 8 heteroatoms. The molecule has 0 spiro atoms. The van der Waals surface area contributed by atoms with Gasteiger partial charge >= 0.3 is 12.1 Å². The zero-order chi connectivity index (χ0) is 24.7. The highest BCUT2D eigenvalue weighted by Crippen LogP contribution is 2.44. The molecular weight excluding hydrogens is 448 g/mol. The molecule has 2 heterocycles. The van der Waals surface area contributed by atoms with Gasteiger partial charge in [0, 0.05) is 31.0 Å². The zero-order valence-electron chi connectivity index (χ0n) is 19.9. The van der Waals surface area contributed by atoms with Crippen molar-refractivity contribution in [3.05, 3.63) is 59.7 Å². The van der Waals surface area contributed by atoms with Gasteiger partial charge < -0.3 is 24.8 Å². The molecule has 0 aromatic heterocycles. The maximum absolute atomic E-state index is 13.1. The van der Waals surface area contributed by atoms with Gasteiger partial charge in [-0.2, -0.15) is 0 Å². The van der Waals surface area contributed by atoms with Crippen LogP contribution in [0.15, 0.2) is 48.5 Å². The molecule has 184 valence electrons. The Kier molecular flexibility index (Phi) is 6.01. The number of carboxylic acid groups (broad SMARTS) is 1. The summed E-state index contributed by atoms with van der Waals surface area (Å²) in [5, 5.41) is 12.5. The first-order chi connectivity index (χ1) is 16.8. The Hall–Kier alpha value is -3.39. The lowest BCUT2D eigenvalue weighted by Crippen LogP contribution is -2.48. The van der Waals surface area contributed by atoms with E-state index in [1.54, 1.807) is 18.7 Å². The largest absolute Gasteiger partial charge is 0.479 e. The molecule has 4 unspecified atom stereocenters. The molecule has 2 aliphatic heterocycles. The summed E-state index contributed by atoms with van der Waals surface area (Å²) in [6, 6.07) is 15.8. The summed E-state index contributed by atoms with van der Waals surface area (Å²) in [5.41, 5.74) is 3.27. The summed E-state index contributed by atoms with van der Waals surface area (Å²) < 4.78 is 11.2. The van der Waals surface area contributed by atoms with Gasteiger partial charge in [-0.05, 0) is 35.6 Å². The van der Waals surface area contributed by atoms with Crippen LogP contribution in [0, 0.1) is 11.8 Å². The number of alkyl carbamates (subject to hydrolysis) is 1. The third-order valence-electron chi connectivity index (χ3n) is 7.85. The van der Waals surface area contributed by atoms with Gasteiger partial charge in [-0.25, -0.2) is 9.59 Å². The van der Waals surface area contributed by atoms with Crippen molar-refractivity contribution in [1.82, 2.24) is 10.2 Å². The summed E-state index contributed by atoms with van der Waals surface area (Å²) >= 11 is 0. The second-order valence-corrected chi connectivity index (χ2v) is 9.79. The topological polar surface area (TPSA) is 105 Å². The van der Waals surface area contributed by atoms with E-state index in [9.17, 15) is 19.5 Å². The van der Waals surface area contributed by atoms with Crippen LogP contribution in [0.4, 0.5) is 4.79 Å². The van der Waals surface area contributed by atoms with E-state index in [1.165, 1.54) is 0 Å². The van der Waals surface area contributed by atoms with E-state index in [4.69, 9.17) is 9.47 Å². The Labute approximate surface area is 204 Å². The van der Waals surface area contributed by atoms with Crippen LogP contribution in [-0.4, -0.2) is 65.9 Å². The maximum Gasteiger partial charge on any atom is 0.407 e. The van der Waals surface area contributed by atoms with E-state index in [1.807, 2.05) is 24.3 Å². The number of carboxylic acids is 1. The van der Waals surface area contributed by atoms with Crippen LogP contribution in [0.1, 0.15) is 37.3 Å². The van der Waals surface area contributed by atoms with Crippen molar-refractivity contribution in [2.24, 2.45) is 11.8 Å². The van der Waals surface area contributed by atoms with Gasteiger partial charge in [0.2, 0.25) is 5.91 Å². The second-order valence-electron chi connectivity index (χ2n) is 9.79. The van der Waals surface area contributed by atoms with Crippen molar-refractivity contribution in [3.8, 4) is 11.1 Å². The monoisotopic (exact) mass is 478 g/mol. The molecule has 35 heavy (non-hydrogen) atoms. The normalized spacial score (nSPS) is 24.3. The standard InChI is InChI=1S/C27H30N2O6/c1-16(24(30)29-13-18-11-12-35-27(18,15-29)25(31)32)17(2)28-26(33)34-14-23-21-9-5-3-7-19(21)20-8-4-6-10-22(20)23/h3-10,16-18,23H,11-15H2,1-2H3,(H,28,33)(H,31,32). The predicted molar refractivity (Wildman–Crippen MR) is 128 cm³/mol. The molecule has 8 nitrogen and oxygen atoms in total. The average Bonchev–Trinajstić information content (AvgIpc) is 3.51. The summed E-state index contributed by atoms with van der Waals surface area (Å²) in [6.07, 6.45) is 0.0421. The summed E-state index contributed by atoms with van der Waals surface area (Å²) in [4.78, 5) is 39.1. The molecule has 2 aromatic rings.